The molecule has 0 saturated heterocycles. The summed E-state index contributed by atoms with van der Waals surface area (Å²) in [6.07, 6.45) is 2.26. The quantitative estimate of drug-likeness (QED) is 0.369. The molecule has 3 rings (SSSR count). The van der Waals surface area contributed by atoms with E-state index >= 15 is 0 Å². The number of halogens is 2. The molecule has 1 fully saturated rings. The summed E-state index contributed by atoms with van der Waals surface area (Å²) in [5.74, 6) is 0.429. The van der Waals surface area contributed by atoms with Crippen LogP contribution in [0.25, 0.3) is 0 Å². The van der Waals surface area contributed by atoms with Crippen molar-refractivity contribution in [3.8, 4) is 0 Å². The number of nitrogens with one attached hydrogen (secondary N) is 1. The van der Waals surface area contributed by atoms with Gasteiger partial charge in [-0.1, -0.05) is 41.9 Å². The predicted octanol–water partition coefficient (Wildman–Crippen LogP) is 4.56. The Morgan fingerprint density at radius 2 is 1.88 bits per heavy atom. The number of methoxy groups -OCH3 is 1. The van der Waals surface area contributed by atoms with Gasteiger partial charge in [-0.15, -0.1) is 24.0 Å². The van der Waals surface area contributed by atoms with Crippen LogP contribution in [0, 0.1) is 0 Å². The molecule has 0 atom stereocenters. The third kappa shape index (κ3) is 5.09. The van der Waals surface area contributed by atoms with Gasteiger partial charge >= 0.3 is 0 Å². The van der Waals surface area contributed by atoms with Gasteiger partial charge in [0.25, 0.3) is 0 Å². The van der Waals surface area contributed by atoms with Gasteiger partial charge in [-0.3, -0.25) is 4.99 Å². The second-order valence-corrected chi connectivity index (χ2v) is 6.64. The van der Waals surface area contributed by atoms with Crippen LogP contribution >= 0.6 is 35.6 Å². The molecule has 6 heteroatoms. The molecule has 0 aliphatic heterocycles. The first-order chi connectivity index (χ1) is 11.6. The zero-order valence-electron chi connectivity index (χ0n) is 14.2. The number of anilines is 1. The Kier molecular flexibility index (Phi) is 7.10. The van der Waals surface area contributed by atoms with E-state index in [0.717, 1.165) is 29.1 Å². The largest absolute Gasteiger partial charge is 0.380 e. The van der Waals surface area contributed by atoms with Crippen molar-refractivity contribution < 1.29 is 4.74 Å². The summed E-state index contributed by atoms with van der Waals surface area (Å²) < 4.78 is 5.21. The van der Waals surface area contributed by atoms with E-state index in [1.54, 1.807) is 7.11 Å². The van der Waals surface area contributed by atoms with Crippen LogP contribution in [-0.2, 0) is 16.8 Å². The number of benzene rings is 2. The average molecular weight is 472 g/mol. The minimum absolute atomic E-state index is 0. The molecule has 1 aliphatic carbocycles. The number of guanidine groups is 1. The minimum atomic E-state index is 0. The highest BCUT2D eigenvalue weighted by Crippen LogP contribution is 2.48. The first-order valence-corrected chi connectivity index (χ1v) is 8.41. The van der Waals surface area contributed by atoms with E-state index < -0.39 is 0 Å². The van der Waals surface area contributed by atoms with Crippen molar-refractivity contribution in [2.45, 2.75) is 24.9 Å². The summed E-state index contributed by atoms with van der Waals surface area (Å²) in [6, 6.07) is 16.0. The fraction of sp³-hybridized carbons (Fsp3) is 0.316. The van der Waals surface area contributed by atoms with Crippen molar-refractivity contribution in [3.05, 3.63) is 64.7 Å². The van der Waals surface area contributed by atoms with Crippen LogP contribution in [0.1, 0.15) is 24.0 Å². The highest BCUT2D eigenvalue weighted by atomic mass is 127. The van der Waals surface area contributed by atoms with E-state index in [1.807, 2.05) is 36.4 Å². The molecule has 0 spiro atoms. The molecule has 1 aliphatic rings. The summed E-state index contributed by atoms with van der Waals surface area (Å²) in [5.41, 5.74) is 9.46. The Morgan fingerprint density at radius 1 is 1.20 bits per heavy atom. The second kappa shape index (κ2) is 8.87. The first kappa shape index (κ1) is 20.0. The molecule has 0 heterocycles. The molecule has 2 aromatic carbocycles. The van der Waals surface area contributed by atoms with Crippen molar-refractivity contribution in [2.75, 3.05) is 19.0 Å². The summed E-state index contributed by atoms with van der Waals surface area (Å²) >= 11 is 5.97. The van der Waals surface area contributed by atoms with Crippen LogP contribution in [0.3, 0.4) is 0 Å². The van der Waals surface area contributed by atoms with E-state index in [2.05, 4.69) is 22.4 Å². The standard InChI is InChI=1S/C19H22ClN3O.HI/c1-24-12-14-4-2-3-5-17(14)23-18(21)22-13-19(10-11-19)15-6-8-16(20)9-7-15;/h2-9H,10-13H2,1H3,(H3,21,22,23);1H. The highest BCUT2D eigenvalue weighted by Gasteiger charge is 2.44. The fourth-order valence-corrected chi connectivity index (χ4v) is 2.96. The number of hydrogen-bond donors (Lipinski definition) is 2. The molecule has 0 aromatic heterocycles. The van der Waals surface area contributed by atoms with E-state index in [4.69, 9.17) is 22.1 Å². The Morgan fingerprint density at radius 3 is 2.52 bits per heavy atom. The first-order valence-electron chi connectivity index (χ1n) is 8.03. The second-order valence-electron chi connectivity index (χ2n) is 6.20. The van der Waals surface area contributed by atoms with Gasteiger partial charge in [-0.25, -0.2) is 0 Å². The van der Waals surface area contributed by atoms with Crippen LogP contribution in [0.4, 0.5) is 5.69 Å². The summed E-state index contributed by atoms with van der Waals surface area (Å²) in [6.45, 7) is 1.21. The maximum Gasteiger partial charge on any atom is 0.193 e. The topological polar surface area (TPSA) is 59.6 Å². The summed E-state index contributed by atoms with van der Waals surface area (Å²) in [4.78, 5) is 4.56. The van der Waals surface area contributed by atoms with Crippen molar-refractivity contribution in [1.29, 1.82) is 0 Å². The number of nitrogens with two attached hydrogens (primary N) is 1. The van der Waals surface area contributed by atoms with Crippen LogP contribution in [0.15, 0.2) is 53.5 Å². The van der Waals surface area contributed by atoms with Gasteiger partial charge in [0.15, 0.2) is 5.96 Å². The summed E-state index contributed by atoms with van der Waals surface area (Å²) in [5, 5.41) is 3.94. The number of hydrogen-bond acceptors (Lipinski definition) is 2. The number of ether oxygens (including phenoxy) is 1. The molecule has 0 unspecified atom stereocenters. The summed E-state index contributed by atoms with van der Waals surface area (Å²) in [7, 11) is 1.68. The lowest BCUT2D eigenvalue weighted by atomic mass is 9.96. The van der Waals surface area contributed by atoms with Gasteiger partial charge in [-0.05, 0) is 36.6 Å². The maximum absolute atomic E-state index is 6.08. The maximum atomic E-state index is 6.08. The zero-order valence-corrected chi connectivity index (χ0v) is 17.3. The van der Waals surface area contributed by atoms with Crippen LogP contribution < -0.4 is 11.1 Å². The van der Waals surface area contributed by atoms with Gasteiger partial charge in [0.2, 0.25) is 0 Å². The van der Waals surface area contributed by atoms with Crippen molar-refractivity contribution in [1.82, 2.24) is 0 Å². The van der Waals surface area contributed by atoms with Crippen molar-refractivity contribution in [2.24, 2.45) is 10.7 Å². The average Bonchev–Trinajstić information content (AvgIpc) is 3.37. The third-order valence-electron chi connectivity index (χ3n) is 4.44. The minimum Gasteiger partial charge on any atom is -0.380 e. The Labute approximate surface area is 170 Å². The number of para-hydroxylation sites is 1. The smallest absolute Gasteiger partial charge is 0.193 e. The monoisotopic (exact) mass is 471 g/mol. The third-order valence-corrected chi connectivity index (χ3v) is 4.69. The van der Waals surface area contributed by atoms with Crippen molar-refractivity contribution in [3.63, 3.8) is 0 Å². The number of nitrogens with zero attached hydrogens (tertiary/aromatic N) is 1. The van der Waals surface area contributed by atoms with Gasteiger partial charge < -0.3 is 15.8 Å². The molecule has 4 nitrogen and oxygen atoms in total. The van der Waals surface area contributed by atoms with E-state index in [1.165, 1.54) is 5.56 Å². The molecule has 3 N–H and O–H groups in total. The zero-order chi connectivity index (χ0) is 17.0. The van der Waals surface area contributed by atoms with Gasteiger partial charge in [0.1, 0.15) is 0 Å². The van der Waals surface area contributed by atoms with Gasteiger partial charge in [0.05, 0.1) is 13.2 Å². The number of aliphatic imine (C=N–C) groups is 1. The molecule has 25 heavy (non-hydrogen) atoms. The molecule has 2 aromatic rings. The molecule has 0 radical (unpaired) electrons. The van der Waals surface area contributed by atoms with E-state index in [-0.39, 0.29) is 29.4 Å². The van der Waals surface area contributed by atoms with Crippen molar-refractivity contribution >= 4 is 47.2 Å². The SMILES string of the molecule is COCc1ccccc1NC(N)=NCC1(c2ccc(Cl)cc2)CC1.I. The molecule has 134 valence electrons. The van der Waals surface area contributed by atoms with Gasteiger partial charge in [0, 0.05) is 28.8 Å². The lowest BCUT2D eigenvalue weighted by Gasteiger charge is -2.15. The predicted molar refractivity (Wildman–Crippen MR) is 115 cm³/mol. The van der Waals surface area contributed by atoms with E-state index in [9.17, 15) is 0 Å². The normalized spacial score (nSPS) is 15.4. The lowest BCUT2D eigenvalue weighted by molar-refractivity contribution is 0.185. The Balaban J connectivity index is 0.00000225. The fourth-order valence-electron chi connectivity index (χ4n) is 2.83. The molecule has 0 bridgehead atoms. The molecular formula is C19H23ClIN3O. The Hall–Kier alpha value is -1.31. The lowest BCUT2D eigenvalue weighted by Crippen LogP contribution is -2.25. The Bertz CT molecular complexity index is 730. The number of rotatable bonds is 6. The molecule has 0 amide bonds. The van der Waals surface area contributed by atoms with E-state index in [0.29, 0.717) is 19.1 Å². The van der Waals surface area contributed by atoms with Gasteiger partial charge in [-0.2, -0.15) is 0 Å². The molecular weight excluding hydrogens is 449 g/mol. The van der Waals surface area contributed by atoms with Crippen LogP contribution in [-0.4, -0.2) is 19.6 Å². The highest BCUT2D eigenvalue weighted by molar-refractivity contribution is 14.0. The van der Waals surface area contributed by atoms with Crippen LogP contribution in [0.5, 0.6) is 0 Å². The van der Waals surface area contributed by atoms with Crippen LogP contribution in [0.2, 0.25) is 5.02 Å². The molecule has 1 saturated carbocycles.